The number of hydrogen-bond donors (Lipinski definition) is 1. The number of nitrogen functional groups attached to an aromatic ring is 1. The van der Waals surface area contributed by atoms with E-state index >= 15 is 0 Å². The van der Waals surface area contributed by atoms with Crippen molar-refractivity contribution in [3.05, 3.63) is 11.8 Å². The van der Waals surface area contributed by atoms with Crippen molar-refractivity contribution in [3.8, 4) is 0 Å². The SMILES string of the molecule is Cc1cc(N)nc(SCC(C)C)n1. The summed E-state index contributed by atoms with van der Waals surface area (Å²) in [6.45, 7) is 6.27. The van der Waals surface area contributed by atoms with E-state index in [1.54, 1.807) is 17.8 Å². The summed E-state index contributed by atoms with van der Waals surface area (Å²) in [7, 11) is 0. The van der Waals surface area contributed by atoms with Crippen LogP contribution in [0.3, 0.4) is 0 Å². The maximum atomic E-state index is 5.60. The van der Waals surface area contributed by atoms with E-state index in [0.717, 1.165) is 16.6 Å². The average molecular weight is 197 g/mol. The lowest BCUT2D eigenvalue weighted by Crippen LogP contribution is -1.98. The lowest BCUT2D eigenvalue weighted by atomic mass is 10.3. The zero-order valence-corrected chi connectivity index (χ0v) is 9.06. The van der Waals surface area contributed by atoms with E-state index in [1.165, 1.54) is 0 Å². The number of thioether (sulfide) groups is 1. The highest BCUT2D eigenvalue weighted by molar-refractivity contribution is 7.99. The molecule has 1 aromatic rings. The van der Waals surface area contributed by atoms with Crippen LogP contribution in [0.4, 0.5) is 5.82 Å². The molecule has 0 saturated heterocycles. The average Bonchev–Trinajstić information content (AvgIpc) is 1.99. The summed E-state index contributed by atoms with van der Waals surface area (Å²) >= 11 is 1.65. The Morgan fingerprint density at radius 1 is 1.46 bits per heavy atom. The Morgan fingerprint density at radius 3 is 2.69 bits per heavy atom. The maximum absolute atomic E-state index is 5.60. The number of nitrogens with two attached hydrogens (primary N) is 1. The van der Waals surface area contributed by atoms with Gasteiger partial charge in [-0.25, -0.2) is 9.97 Å². The minimum atomic E-state index is 0.554. The molecule has 1 rings (SSSR count). The Bertz CT molecular complexity index is 266. The van der Waals surface area contributed by atoms with E-state index in [9.17, 15) is 0 Å². The van der Waals surface area contributed by atoms with Crippen LogP contribution in [0.25, 0.3) is 0 Å². The van der Waals surface area contributed by atoms with Gasteiger partial charge in [-0.3, -0.25) is 0 Å². The lowest BCUT2D eigenvalue weighted by molar-refractivity contribution is 0.747. The molecule has 0 amide bonds. The van der Waals surface area contributed by atoms with Crippen LogP contribution in [0.5, 0.6) is 0 Å². The molecule has 1 aromatic heterocycles. The van der Waals surface area contributed by atoms with E-state index in [4.69, 9.17) is 5.73 Å². The molecule has 0 spiro atoms. The zero-order valence-electron chi connectivity index (χ0n) is 8.24. The van der Waals surface area contributed by atoms with Gasteiger partial charge in [0.2, 0.25) is 0 Å². The van der Waals surface area contributed by atoms with Gasteiger partial charge in [0.05, 0.1) is 0 Å². The molecule has 0 unspecified atom stereocenters. The van der Waals surface area contributed by atoms with Crippen molar-refractivity contribution in [2.45, 2.75) is 25.9 Å². The molecular weight excluding hydrogens is 182 g/mol. The van der Waals surface area contributed by atoms with Gasteiger partial charge in [0, 0.05) is 17.5 Å². The first-order chi connectivity index (χ1) is 6.08. The third-order valence-electron chi connectivity index (χ3n) is 1.40. The van der Waals surface area contributed by atoms with E-state index in [1.807, 2.05) is 6.92 Å². The molecule has 13 heavy (non-hydrogen) atoms. The van der Waals surface area contributed by atoms with Gasteiger partial charge in [-0.15, -0.1) is 0 Å². The summed E-state index contributed by atoms with van der Waals surface area (Å²) in [5.41, 5.74) is 6.53. The molecular formula is C9H15N3S. The zero-order chi connectivity index (χ0) is 9.84. The molecule has 0 bridgehead atoms. The van der Waals surface area contributed by atoms with Crippen molar-refractivity contribution >= 4 is 17.6 Å². The minimum Gasteiger partial charge on any atom is -0.384 e. The quantitative estimate of drug-likeness (QED) is 0.595. The predicted octanol–water partition coefficient (Wildman–Crippen LogP) is 2.12. The molecule has 0 atom stereocenters. The van der Waals surface area contributed by atoms with Crippen LogP contribution in [0.1, 0.15) is 19.5 Å². The Morgan fingerprint density at radius 2 is 2.15 bits per heavy atom. The summed E-state index contributed by atoms with van der Waals surface area (Å²) in [4.78, 5) is 8.41. The maximum Gasteiger partial charge on any atom is 0.189 e. The monoisotopic (exact) mass is 197 g/mol. The molecule has 0 radical (unpaired) electrons. The molecule has 72 valence electrons. The van der Waals surface area contributed by atoms with Crippen LogP contribution in [0.15, 0.2) is 11.2 Å². The molecule has 0 aliphatic heterocycles. The number of nitrogens with zero attached hydrogens (tertiary/aromatic N) is 2. The second kappa shape index (κ2) is 4.46. The fourth-order valence-corrected chi connectivity index (χ4v) is 1.73. The third kappa shape index (κ3) is 3.63. The molecule has 4 heteroatoms. The first-order valence-corrected chi connectivity index (χ1v) is 5.30. The molecule has 0 fully saturated rings. The Hall–Kier alpha value is -0.770. The molecule has 0 saturated carbocycles. The van der Waals surface area contributed by atoms with Crippen molar-refractivity contribution in [2.24, 2.45) is 5.92 Å². The summed E-state index contributed by atoms with van der Waals surface area (Å²) in [5.74, 6) is 2.23. The standard InChI is InChI=1S/C9H15N3S/c1-6(2)5-13-9-11-7(3)4-8(10)12-9/h4,6H,5H2,1-3H3,(H2,10,11,12). The van der Waals surface area contributed by atoms with Crippen molar-refractivity contribution in [1.82, 2.24) is 9.97 Å². The lowest BCUT2D eigenvalue weighted by Gasteiger charge is -2.04. The van der Waals surface area contributed by atoms with Crippen LogP contribution in [0, 0.1) is 12.8 Å². The highest BCUT2D eigenvalue weighted by atomic mass is 32.2. The van der Waals surface area contributed by atoms with Crippen LogP contribution in [0.2, 0.25) is 0 Å². The van der Waals surface area contributed by atoms with Gasteiger partial charge in [0.1, 0.15) is 5.82 Å². The fraction of sp³-hybridized carbons (Fsp3) is 0.556. The van der Waals surface area contributed by atoms with E-state index in [-0.39, 0.29) is 0 Å². The second-order valence-corrected chi connectivity index (χ2v) is 4.41. The summed E-state index contributed by atoms with van der Waals surface area (Å²) in [6.07, 6.45) is 0. The van der Waals surface area contributed by atoms with Gasteiger partial charge >= 0.3 is 0 Å². The summed E-state index contributed by atoms with van der Waals surface area (Å²) in [5, 5.41) is 0.784. The van der Waals surface area contributed by atoms with Gasteiger partial charge in [-0.05, 0) is 12.8 Å². The smallest absolute Gasteiger partial charge is 0.189 e. The number of rotatable bonds is 3. The number of hydrogen-bond acceptors (Lipinski definition) is 4. The van der Waals surface area contributed by atoms with E-state index < -0.39 is 0 Å². The van der Waals surface area contributed by atoms with E-state index in [0.29, 0.717) is 11.7 Å². The molecule has 0 aliphatic rings. The molecule has 2 N–H and O–H groups in total. The number of aromatic nitrogens is 2. The van der Waals surface area contributed by atoms with E-state index in [2.05, 4.69) is 23.8 Å². The Balaban J connectivity index is 2.66. The van der Waals surface area contributed by atoms with Crippen LogP contribution >= 0.6 is 11.8 Å². The van der Waals surface area contributed by atoms with Crippen LogP contribution in [-0.2, 0) is 0 Å². The second-order valence-electron chi connectivity index (χ2n) is 3.42. The van der Waals surface area contributed by atoms with Crippen molar-refractivity contribution in [1.29, 1.82) is 0 Å². The van der Waals surface area contributed by atoms with Crippen molar-refractivity contribution < 1.29 is 0 Å². The van der Waals surface area contributed by atoms with Gasteiger partial charge in [0.25, 0.3) is 0 Å². The van der Waals surface area contributed by atoms with Crippen molar-refractivity contribution in [3.63, 3.8) is 0 Å². The molecule has 3 nitrogen and oxygen atoms in total. The highest BCUT2D eigenvalue weighted by Gasteiger charge is 2.02. The topological polar surface area (TPSA) is 51.8 Å². The normalized spacial score (nSPS) is 10.8. The van der Waals surface area contributed by atoms with Gasteiger partial charge in [-0.1, -0.05) is 25.6 Å². The van der Waals surface area contributed by atoms with Crippen LogP contribution in [-0.4, -0.2) is 15.7 Å². The van der Waals surface area contributed by atoms with Gasteiger partial charge in [-0.2, -0.15) is 0 Å². The molecule has 1 heterocycles. The first-order valence-electron chi connectivity index (χ1n) is 4.32. The Kier molecular flexibility index (Phi) is 3.54. The number of aryl methyl sites for hydroxylation is 1. The highest BCUT2D eigenvalue weighted by Crippen LogP contribution is 2.17. The Labute approximate surface area is 83.2 Å². The fourth-order valence-electron chi connectivity index (χ4n) is 0.871. The predicted molar refractivity (Wildman–Crippen MR) is 56.7 cm³/mol. The van der Waals surface area contributed by atoms with Crippen molar-refractivity contribution in [2.75, 3.05) is 11.5 Å². The van der Waals surface area contributed by atoms with Crippen LogP contribution < -0.4 is 5.73 Å². The van der Waals surface area contributed by atoms with Gasteiger partial charge in [0.15, 0.2) is 5.16 Å². The summed E-state index contributed by atoms with van der Waals surface area (Å²) < 4.78 is 0. The van der Waals surface area contributed by atoms with Gasteiger partial charge < -0.3 is 5.73 Å². The molecule has 0 aliphatic carbocycles. The minimum absolute atomic E-state index is 0.554. The first kappa shape index (κ1) is 10.3. The summed E-state index contributed by atoms with van der Waals surface area (Å²) in [6, 6.07) is 1.78. The third-order valence-corrected chi connectivity index (χ3v) is 2.67. The largest absolute Gasteiger partial charge is 0.384 e. The number of anilines is 1. The molecule has 0 aromatic carbocycles.